The van der Waals surface area contributed by atoms with Gasteiger partial charge in [0.2, 0.25) is 10.0 Å². The molecule has 0 saturated carbocycles. The topological polar surface area (TPSA) is 72.2 Å². The zero-order valence-corrected chi connectivity index (χ0v) is 13.2. The first-order chi connectivity index (χ1) is 9.42. The van der Waals surface area contributed by atoms with Gasteiger partial charge in [-0.2, -0.15) is 0 Å². The summed E-state index contributed by atoms with van der Waals surface area (Å²) in [6.45, 7) is 4.94. The third-order valence-corrected chi connectivity index (χ3v) is 4.67. The standard InChI is InChI=1S/C15H26N2O2S/c1-13(2)7-5-3-4-6-12-17-20(18,19)15-10-8-14(16)9-11-15/h8-11,13,17H,3-7,12,16H2,1-2H3. The van der Waals surface area contributed by atoms with Gasteiger partial charge in [0.05, 0.1) is 4.90 Å². The summed E-state index contributed by atoms with van der Waals surface area (Å²) < 4.78 is 26.6. The Balaban J connectivity index is 2.25. The van der Waals surface area contributed by atoms with Crippen molar-refractivity contribution in [2.75, 3.05) is 12.3 Å². The maximum absolute atomic E-state index is 12.0. The third kappa shape index (κ3) is 6.39. The molecule has 0 aliphatic rings. The van der Waals surface area contributed by atoms with E-state index in [1.165, 1.54) is 31.4 Å². The predicted molar refractivity (Wildman–Crippen MR) is 84.0 cm³/mol. The molecule has 0 radical (unpaired) electrons. The van der Waals surface area contributed by atoms with Gasteiger partial charge in [-0.3, -0.25) is 0 Å². The SMILES string of the molecule is CC(C)CCCCCCNS(=O)(=O)c1ccc(N)cc1. The van der Waals surface area contributed by atoms with Crippen LogP contribution >= 0.6 is 0 Å². The number of rotatable bonds is 9. The second-order valence-electron chi connectivity index (χ2n) is 5.56. The summed E-state index contributed by atoms with van der Waals surface area (Å²) in [5.74, 6) is 0.749. The molecule has 0 spiro atoms. The Morgan fingerprint density at radius 2 is 1.65 bits per heavy atom. The molecule has 1 aromatic rings. The number of hydrogen-bond acceptors (Lipinski definition) is 3. The van der Waals surface area contributed by atoms with Gasteiger partial charge in [-0.05, 0) is 36.6 Å². The normalized spacial score (nSPS) is 11.9. The van der Waals surface area contributed by atoms with E-state index in [2.05, 4.69) is 18.6 Å². The van der Waals surface area contributed by atoms with E-state index in [4.69, 9.17) is 5.73 Å². The van der Waals surface area contributed by atoms with Crippen LogP contribution in [0.25, 0.3) is 0 Å². The Kier molecular flexibility index (Phi) is 7.02. The molecule has 0 heterocycles. The van der Waals surface area contributed by atoms with Gasteiger partial charge in [-0.1, -0.05) is 39.5 Å². The largest absolute Gasteiger partial charge is 0.399 e. The van der Waals surface area contributed by atoms with Crippen LogP contribution in [0.1, 0.15) is 46.0 Å². The van der Waals surface area contributed by atoms with Crippen LogP contribution in [0, 0.1) is 5.92 Å². The number of sulfonamides is 1. The lowest BCUT2D eigenvalue weighted by Crippen LogP contribution is -2.24. The molecule has 0 atom stereocenters. The minimum atomic E-state index is -3.39. The molecular weight excluding hydrogens is 272 g/mol. The van der Waals surface area contributed by atoms with E-state index in [9.17, 15) is 8.42 Å². The van der Waals surface area contributed by atoms with Crippen molar-refractivity contribution in [3.8, 4) is 0 Å². The van der Waals surface area contributed by atoms with E-state index in [-0.39, 0.29) is 4.90 Å². The van der Waals surface area contributed by atoms with Gasteiger partial charge in [-0.15, -0.1) is 0 Å². The van der Waals surface area contributed by atoms with E-state index in [0.717, 1.165) is 18.8 Å². The Morgan fingerprint density at radius 3 is 2.25 bits per heavy atom. The summed E-state index contributed by atoms with van der Waals surface area (Å²) in [7, 11) is -3.39. The number of unbranched alkanes of at least 4 members (excludes halogenated alkanes) is 3. The number of nitrogen functional groups attached to an aromatic ring is 1. The molecule has 5 heteroatoms. The first-order valence-electron chi connectivity index (χ1n) is 7.27. The molecule has 0 amide bonds. The summed E-state index contributed by atoms with van der Waals surface area (Å²) >= 11 is 0. The molecule has 0 bridgehead atoms. The van der Waals surface area contributed by atoms with Gasteiger partial charge in [0, 0.05) is 12.2 Å². The molecule has 0 fully saturated rings. The highest BCUT2D eigenvalue weighted by atomic mass is 32.2. The van der Waals surface area contributed by atoms with Gasteiger partial charge < -0.3 is 5.73 Å². The van der Waals surface area contributed by atoms with Crippen molar-refractivity contribution < 1.29 is 8.42 Å². The second kappa shape index (κ2) is 8.27. The van der Waals surface area contributed by atoms with E-state index < -0.39 is 10.0 Å². The fourth-order valence-electron chi connectivity index (χ4n) is 1.97. The first kappa shape index (κ1) is 17.0. The number of anilines is 1. The summed E-state index contributed by atoms with van der Waals surface area (Å²) in [6.07, 6.45) is 5.59. The van der Waals surface area contributed by atoms with Crippen LogP contribution in [0.15, 0.2) is 29.2 Å². The molecule has 3 N–H and O–H groups in total. The molecule has 0 aliphatic heterocycles. The highest BCUT2D eigenvalue weighted by Crippen LogP contribution is 2.12. The minimum absolute atomic E-state index is 0.270. The van der Waals surface area contributed by atoms with Crippen molar-refractivity contribution in [2.45, 2.75) is 50.8 Å². The lowest BCUT2D eigenvalue weighted by atomic mass is 10.0. The number of nitrogens with two attached hydrogens (primary N) is 1. The van der Waals surface area contributed by atoms with Crippen molar-refractivity contribution in [2.24, 2.45) is 5.92 Å². The third-order valence-electron chi connectivity index (χ3n) is 3.19. The van der Waals surface area contributed by atoms with Gasteiger partial charge in [0.25, 0.3) is 0 Å². The molecular formula is C15H26N2O2S. The lowest BCUT2D eigenvalue weighted by molar-refractivity contribution is 0.517. The van der Waals surface area contributed by atoms with Crippen LogP contribution in [0.2, 0.25) is 0 Å². The van der Waals surface area contributed by atoms with Crippen molar-refractivity contribution in [3.63, 3.8) is 0 Å². The smallest absolute Gasteiger partial charge is 0.240 e. The number of nitrogens with one attached hydrogen (secondary N) is 1. The molecule has 0 aliphatic carbocycles. The second-order valence-corrected chi connectivity index (χ2v) is 7.33. The van der Waals surface area contributed by atoms with E-state index in [1.54, 1.807) is 12.1 Å². The van der Waals surface area contributed by atoms with Crippen molar-refractivity contribution in [1.82, 2.24) is 4.72 Å². The van der Waals surface area contributed by atoms with E-state index in [0.29, 0.717) is 12.2 Å². The fraction of sp³-hybridized carbons (Fsp3) is 0.600. The molecule has 0 saturated heterocycles. The van der Waals surface area contributed by atoms with Gasteiger partial charge in [-0.25, -0.2) is 13.1 Å². The van der Waals surface area contributed by atoms with Crippen LogP contribution in [-0.4, -0.2) is 15.0 Å². The van der Waals surface area contributed by atoms with Crippen LogP contribution in [-0.2, 0) is 10.0 Å². The highest BCUT2D eigenvalue weighted by molar-refractivity contribution is 7.89. The van der Waals surface area contributed by atoms with E-state index >= 15 is 0 Å². The zero-order chi connectivity index (χ0) is 15.0. The number of benzene rings is 1. The Morgan fingerprint density at radius 1 is 1.05 bits per heavy atom. The Hall–Kier alpha value is -1.07. The maximum Gasteiger partial charge on any atom is 0.240 e. The quantitative estimate of drug-likeness (QED) is 0.543. The summed E-state index contributed by atoms with van der Waals surface area (Å²) in [6, 6.07) is 6.25. The van der Waals surface area contributed by atoms with Crippen molar-refractivity contribution in [3.05, 3.63) is 24.3 Å². The average molecular weight is 298 g/mol. The molecule has 114 valence electrons. The monoisotopic (exact) mass is 298 g/mol. The molecule has 0 aromatic heterocycles. The van der Waals surface area contributed by atoms with Gasteiger partial charge in [0.1, 0.15) is 0 Å². The number of hydrogen-bond donors (Lipinski definition) is 2. The minimum Gasteiger partial charge on any atom is -0.399 e. The van der Waals surface area contributed by atoms with Crippen LogP contribution in [0.5, 0.6) is 0 Å². The molecule has 20 heavy (non-hydrogen) atoms. The van der Waals surface area contributed by atoms with Gasteiger partial charge in [0.15, 0.2) is 0 Å². The predicted octanol–water partition coefficient (Wildman–Crippen LogP) is 3.15. The van der Waals surface area contributed by atoms with E-state index in [1.807, 2.05) is 0 Å². The van der Waals surface area contributed by atoms with Crippen LogP contribution in [0.4, 0.5) is 5.69 Å². The maximum atomic E-state index is 12.0. The zero-order valence-electron chi connectivity index (χ0n) is 12.4. The molecule has 1 rings (SSSR count). The first-order valence-corrected chi connectivity index (χ1v) is 8.75. The summed E-state index contributed by atoms with van der Waals surface area (Å²) in [5, 5.41) is 0. The highest BCUT2D eigenvalue weighted by Gasteiger charge is 2.12. The fourth-order valence-corrected chi connectivity index (χ4v) is 3.04. The average Bonchev–Trinajstić information content (AvgIpc) is 2.37. The van der Waals surface area contributed by atoms with Crippen molar-refractivity contribution >= 4 is 15.7 Å². The van der Waals surface area contributed by atoms with Crippen LogP contribution in [0.3, 0.4) is 0 Å². The van der Waals surface area contributed by atoms with Gasteiger partial charge >= 0.3 is 0 Å². The molecule has 4 nitrogen and oxygen atoms in total. The van der Waals surface area contributed by atoms with Crippen molar-refractivity contribution in [1.29, 1.82) is 0 Å². The van der Waals surface area contributed by atoms with Crippen LogP contribution < -0.4 is 10.5 Å². The Labute approximate surface area is 122 Å². The summed E-state index contributed by atoms with van der Waals surface area (Å²) in [5.41, 5.74) is 6.11. The molecule has 1 aromatic carbocycles. The lowest BCUT2D eigenvalue weighted by Gasteiger charge is -2.07. The molecule has 0 unspecified atom stereocenters. The Bertz CT molecular complexity index is 481. The summed E-state index contributed by atoms with van der Waals surface area (Å²) in [4.78, 5) is 0.270.